The summed E-state index contributed by atoms with van der Waals surface area (Å²) >= 11 is 6.43. The quantitative estimate of drug-likeness (QED) is 0.498. The molecule has 1 aliphatic heterocycles. The fourth-order valence-corrected chi connectivity index (χ4v) is 5.55. The van der Waals surface area contributed by atoms with Crippen molar-refractivity contribution in [3.8, 4) is 0 Å². The molecule has 0 spiro atoms. The smallest absolute Gasteiger partial charge is 0.276 e. The molecule has 0 saturated heterocycles. The summed E-state index contributed by atoms with van der Waals surface area (Å²) in [5, 5.41) is 3.86. The molecule has 1 aliphatic carbocycles. The van der Waals surface area contributed by atoms with Crippen molar-refractivity contribution in [2.24, 2.45) is 0 Å². The third-order valence-electron chi connectivity index (χ3n) is 7.25. The number of hydrogen-bond donors (Lipinski definition) is 1. The van der Waals surface area contributed by atoms with Gasteiger partial charge in [-0.1, -0.05) is 43.4 Å². The van der Waals surface area contributed by atoms with Gasteiger partial charge in [-0.3, -0.25) is 14.5 Å². The fourth-order valence-electron chi connectivity index (χ4n) is 5.38. The molecule has 33 heavy (non-hydrogen) atoms. The summed E-state index contributed by atoms with van der Waals surface area (Å²) in [6, 6.07) is 9.33. The highest BCUT2D eigenvalue weighted by Crippen LogP contribution is 2.39. The zero-order valence-electron chi connectivity index (χ0n) is 19.4. The molecule has 1 fully saturated rings. The summed E-state index contributed by atoms with van der Waals surface area (Å²) in [4.78, 5) is 29.5. The number of aromatic nitrogens is 1. The Balaban J connectivity index is 1.62. The van der Waals surface area contributed by atoms with Gasteiger partial charge in [0.2, 0.25) is 5.91 Å². The Kier molecular flexibility index (Phi) is 5.52. The molecule has 3 heterocycles. The van der Waals surface area contributed by atoms with Crippen LogP contribution in [-0.4, -0.2) is 28.0 Å². The number of amides is 2. The summed E-state index contributed by atoms with van der Waals surface area (Å²) < 4.78 is 7.73. The second-order valence-electron chi connectivity index (χ2n) is 9.68. The van der Waals surface area contributed by atoms with Crippen LogP contribution in [-0.2, 0) is 11.3 Å². The lowest BCUT2D eigenvalue weighted by Gasteiger charge is -2.45. The van der Waals surface area contributed by atoms with Crippen LogP contribution in [0.4, 0.5) is 5.69 Å². The number of rotatable bonds is 3. The van der Waals surface area contributed by atoms with Crippen molar-refractivity contribution in [1.82, 2.24) is 9.88 Å². The number of halogens is 1. The van der Waals surface area contributed by atoms with Crippen molar-refractivity contribution >= 4 is 40.2 Å². The zero-order chi connectivity index (χ0) is 23.3. The first-order valence-electron chi connectivity index (χ1n) is 11.8. The molecule has 2 aliphatic rings. The monoisotopic (exact) mass is 467 g/mol. The Hall–Kier alpha value is -2.73. The number of nitrogens with zero attached hydrogens (tertiary/aromatic N) is 2. The van der Waals surface area contributed by atoms with Crippen molar-refractivity contribution in [2.75, 3.05) is 4.90 Å². The summed E-state index contributed by atoms with van der Waals surface area (Å²) in [5.41, 5.74) is 2.33. The largest absolute Gasteiger partial charge is 0.460 e. The summed E-state index contributed by atoms with van der Waals surface area (Å²) in [5.74, 6) is 0.421. The maximum atomic E-state index is 13.9. The van der Waals surface area contributed by atoms with Crippen molar-refractivity contribution in [3.05, 3.63) is 52.4 Å². The molecule has 2 amide bonds. The lowest BCUT2D eigenvalue weighted by molar-refractivity contribution is -0.127. The highest BCUT2D eigenvalue weighted by atomic mass is 35.5. The third-order valence-corrected chi connectivity index (χ3v) is 7.66. The van der Waals surface area contributed by atoms with Crippen LogP contribution in [0, 0.1) is 13.8 Å². The molecule has 6 nitrogen and oxygen atoms in total. The third kappa shape index (κ3) is 3.65. The number of fused-ring (bicyclic) bond motifs is 3. The molecule has 174 valence electrons. The normalized spacial score (nSPS) is 21.8. The van der Waals surface area contributed by atoms with Crippen LogP contribution in [0.3, 0.4) is 0 Å². The van der Waals surface area contributed by atoms with Crippen LogP contribution in [0.1, 0.15) is 67.3 Å². The molecular formula is C26H30ClN3O3. The molecule has 1 atom stereocenters. The highest BCUT2D eigenvalue weighted by molar-refractivity contribution is 6.32. The minimum atomic E-state index is -1.12. The first kappa shape index (κ1) is 22.1. The van der Waals surface area contributed by atoms with Gasteiger partial charge in [0.05, 0.1) is 12.1 Å². The zero-order valence-corrected chi connectivity index (χ0v) is 20.2. The molecule has 3 aromatic rings. The maximum absolute atomic E-state index is 13.9. The Labute approximate surface area is 198 Å². The summed E-state index contributed by atoms with van der Waals surface area (Å²) in [7, 11) is 0. The van der Waals surface area contributed by atoms with E-state index in [1.165, 1.54) is 12.8 Å². The van der Waals surface area contributed by atoms with E-state index in [0.29, 0.717) is 28.5 Å². The van der Waals surface area contributed by atoms with Gasteiger partial charge in [0.25, 0.3) is 5.91 Å². The van der Waals surface area contributed by atoms with Gasteiger partial charge in [-0.2, -0.15) is 0 Å². The number of nitrogens with one attached hydrogen (secondary N) is 1. The first-order valence-corrected chi connectivity index (χ1v) is 12.2. The highest BCUT2D eigenvalue weighted by Gasteiger charge is 2.49. The van der Waals surface area contributed by atoms with E-state index in [2.05, 4.69) is 5.32 Å². The van der Waals surface area contributed by atoms with Gasteiger partial charge in [-0.25, -0.2) is 0 Å². The predicted molar refractivity (Wildman–Crippen MR) is 130 cm³/mol. The first-order chi connectivity index (χ1) is 15.8. The van der Waals surface area contributed by atoms with Crippen LogP contribution in [0.2, 0.25) is 5.02 Å². The summed E-state index contributed by atoms with van der Waals surface area (Å²) in [6.45, 7) is 5.97. The average Bonchev–Trinajstić information content (AvgIpc) is 3.16. The number of furan rings is 1. The number of aryl methyl sites for hydroxylation is 1. The van der Waals surface area contributed by atoms with Crippen LogP contribution >= 0.6 is 11.6 Å². The van der Waals surface area contributed by atoms with Gasteiger partial charge in [-0.15, -0.1) is 0 Å². The minimum Gasteiger partial charge on any atom is -0.460 e. The average molecular weight is 468 g/mol. The SMILES string of the molecule is Cc1cc2c(cc3n2CC(C)(C(=O)NC2CCCCCC2)N(c2cccc(Cl)c2C)C3=O)o1. The minimum absolute atomic E-state index is 0.130. The Bertz CT molecular complexity index is 1240. The van der Waals surface area contributed by atoms with Gasteiger partial charge in [0.15, 0.2) is 5.58 Å². The molecule has 0 bridgehead atoms. The number of anilines is 1. The molecule has 1 unspecified atom stereocenters. The van der Waals surface area contributed by atoms with Gasteiger partial charge in [0.1, 0.15) is 17.0 Å². The molecular weight excluding hydrogens is 438 g/mol. The van der Waals surface area contributed by atoms with Crippen LogP contribution in [0.5, 0.6) is 0 Å². The van der Waals surface area contributed by atoms with Crippen molar-refractivity contribution in [3.63, 3.8) is 0 Å². The predicted octanol–water partition coefficient (Wildman–Crippen LogP) is 5.76. The fraction of sp³-hybridized carbons (Fsp3) is 0.462. The van der Waals surface area contributed by atoms with Gasteiger partial charge >= 0.3 is 0 Å². The van der Waals surface area contributed by atoms with Gasteiger partial charge in [0, 0.05) is 28.9 Å². The second kappa shape index (κ2) is 8.24. The van der Waals surface area contributed by atoms with E-state index in [9.17, 15) is 9.59 Å². The van der Waals surface area contributed by atoms with Crippen LogP contribution < -0.4 is 10.2 Å². The van der Waals surface area contributed by atoms with Crippen LogP contribution in [0.25, 0.3) is 11.1 Å². The van der Waals surface area contributed by atoms with E-state index in [1.54, 1.807) is 17.0 Å². The van der Waals surface area contributed by atoms with E-state index in [0.717, 1.165) is 42.5 Å². The lowest BCUT2D eigenvalue weighted by atomic mass is 9.92. The molecule has 1 N–H and O–H groups in total. The second-order valence-corrected chi connectivity index (χ2v) is 10.1. The molecule has 1 aromatic carbocycles. The van der Waals surface area contributed by atoms with Crippen molar-refractivity contribution in [2.45, 2.75) is 77.4 Å². The van der Waals surface area contributed by atoms with Crippen LogP contribution in [0.15, 0.2) is 34.7 Å². The van der Waals surface area contributed by atoms with E-state index >= 15 is 0 Å². The maximum Gasteiger partial charge on any atom is 0.276 e. The topological polar surface area (TPSA) is 67.5 Å². The molecule has 2 aromatic heterocycles. The van der Waals surface area contributed by atoms with E-state index < -0.39 is 5.54 Å². The van der Waals surface area contributed by atoms with Crippen molar-refractivity contribution in [1.29, 1.82) is 0 Å². The van der Waals surface area contributed by atoms with Gasteiger partial charge in [-0.05, 0) is 51.3 Å². The number of benzene rings is 1. The van der Waals surface area contributed by atoms with Crippen molar-refractivity contribution < 1.29 is 14.0 Å². The Morgan fingerprint density at radius 1 is 1.15 bits per heavy atom. The number of hydrogen-bond acceptors (Lipinski definition) is 3. The molecule has 7 heteroatoms. The number of carbonyl (C=O) groups is 2. The Morgan fingerprint density at radius 2 is 1.88 bits per heavy atom. The van der Waals surface area contributed by atoms with E-state index in [1.807, 2.05) is 43.5 Å². The molecule has 0 radical (unpaired) electrons. The standard InChI is InChI=1S/C26H30ClN3O3/c1-16-13-21-23(33-16)14-22-24(31)30(20-12-8-11-19(27)17(20)2)26(3,15-29(21)22)25(32)28-18-9-6-4-5-7-10-18/h8,11-14,18H,4-7,9-10,15H2,1-3H3,(H,28,32). The molecule has 5 rings (SSSR count). The van der Waals surface area contributed by atoms with Gasteiger partial charge < -0.3 is 14.3 Å². The number of carbonyl (C=O) groups excluding carboxylic acids is 2. The molecule has 1 saturated carbocycles. The van der Waals surface area contributed by atoms with E-state index in [-0.39, 0.29) is 17.9 Å². The Morgan fingerprint density at radius 3 is 2.61 bits per heavy atom. The summed E-state index contributed by atoms with van der Waals surface area (Å²) in [6.07, 6.45) is 6.61. The van der Waals surface area contributed by atoms with E-state index in [4.69, 9.17) is 16.0 Å². The lowest BCUT2D eigenvalue weighted by Crippen LogP contribution is -2.65.